The molecule has 0 rings (SSSR count). The fraction of sp³-hybridized carbons (Fsp3) is 0.500. The van der Waals surface area contributed by atoms with Crippen molar-refractivity contribution in [2.75, 3.05) is 0 Å². The Kier molecular flexibility index (Phi) is 11.2. The maximum Gasteiger partial charge on any atom is -0.0166 e. The highest BCUT2D eigenvalue weighted by atomic mass is 14.0. The van der Waals surface area contributed by atoms with Crippen LogP contribution in [0.5, 0.6) is 0 Å². The molecule has 0 bridgehead atoms. The molecule has 16 heavy (non-hydrogen) atoms. The van der Waals surface area contributed by atoms with Crippen molar-refractivity contribution in [2.45, 2.75) is 46.0 Å². The predicted molar refractivity (Wildman–Crippen MR) is 75.5 cm³/mol. The second-order valence-electron chi connectivity index (χ2n) is 4.40. The van der Waals surface area contributed by atoms with E-state index in [0.717, 1.165) is 18.8 Å². The molecule has 0 aliphatic heterocycles. The number of allylic oxidation sites excluding steroid dienone is 7. The van der Waals surface area contributed by atoms with Crippen LogP contribution < -0.4 is 0 Å². The summed E-state index contributed by atoms with van der Waals surface area (Å²) in [5.74, 6) is 0.838. The van der Waals surface area contributed by atoms with Gasteiger partial charge in [0, 0.05) is 0 Å². The molecule has 0 fully saturated rings. The molecule has 0 unspecified atom stereocenters. The fourth-order valence-electron chi connectivity index (χ4n) is 1.38. The molecule has 0 heterocycles. The summed E-state index contributed by atoms with van der Waals surface area (Å²) in [6, 6.07) is 0. The Morgan fingerprint density at radius 1 is 0.938 bits per heavy atom. The molecule has 0 spiro atoms. The van der Waals surface area contributed by atoms with Crippen LogP contribution in [0.25, 0.3) is 0 Å². The van der Waals surface area contributed by atoms with Gasteiger partial charge in [-0.1, -0.05) is 69.4 Å². The van der Waals surface area contributed by atoms with Crippen molar-refractivity contribution in [3.63, 3.8) is 0 Å². The second-order valence-corrected chi connectivity index (χ2v) is 4.40. The van der Waals surface area contributed by atoms with Crippen LogP contribution in [0, 0.1) is 5.92 Å². The van der Waals surface area contributed by atoms with Gasteiger partial charge < -0.3 is 0 Å². The Bertz CT molecular complexity index is 228. The van der Waals surface area contributed by atoms with Gasteiger partial charge in [-0.25, -0.2) is 0 Å². The zero-order valence-corrected chi connectivity index (χ0v) is 10.9. The van der Waals surface area contributed by atoms with Gasteiger partial charge >= 0.3 is 0 Å². The van der Waals surface area contributed by atoms with Crippen molar-refractivity contribution in [1.82, 2.24) is 0 Å². The summed E-state index contributed by atoms with van der Waals surface area (Å²) in [5.41, 5.74) is 0. The Morgan fingerprint density at radius 3 is 2.19 bits per heavy atom. The van der Waals surface area contributed by atoms with Gasteiger partial charge in [-0.05, 0) is 31.6 Å². The van der Waals surface area contributed by atoms with E-state index < -0.39 is 0 Å². The Balaban J connectivity index is 3.33. The molecular formula is C16H26. The van der Waals surface area contributed by atoms with Crippen LogP contribution in [0.3, 0.4) is 0 Å². The van der Waals surface area contributed by atoms with Crippen LogP contribution in [-0.2, 0) is 0 Å². The van der Waals surface area contributed by atoms with E-state index in [9.17, 15) is 0 Å². The van der Waals surface area contributed by atoms with Gasteiger partial charge in [0.05, 0.1) is 0 Å². The molecule has 0 saturated carbocycles. The third-order valence-electron chi connectivity index (χ3n) is 2.30. The molecule has 0 atom stereocenters. The molecule has 0 amide bonds. The molecule has 0 aliphatic rings. The SMILES string of the molecule is C=C/C=C/C/C=C/C/C=C/CCCC(C)C. The lowest BCUT2D eigenvalue weighted by atomic mass is 10.1. The number of rotatable bonds is 9. The Hall–Kier alpha value is -1.04. The van der Waals surface area contributed by atoms with Crippen molar-refractivity contribution in [1.29, 1.82) is 0 Å². The van der Waals surface area contributed by atoms with Crippen LogP contribution in [-0.4, -0.2) is 0 Å². The first-order valence-electron chi connectivity index (χ1n) is 6.35. The van der Waals surface area contributed by atoms with Gasteiger partial charge in [0.15, 0.2) is 0 Å². The monoisotopic (exact) mass is 218 g/mol. The highest BCUT2D eigenvalue weighted by Crippen LogP contribution is 2.06. The van der Waals surface area contributed by atoms with Crippen molar-refractivity contribution in [2.24, 2.45) is 5.92 Å². The number of hydrogen-bond acceptors (Lipinski definition) is 0. The normalized spacial score (nSPS) is 12.4. The van der Waals surface area contributed by atoms with Crippen LogP contribution >= 0.6 is 0 Å². The van der Waals surface area contributed by atoms with Crippen molar-refractivity contribution in [3.8, 4) is 0 Å². The first kappa shape index (κ1) is 15.0. The van der Waals surface area contributed by atoms with Crippen LogP contribution in [0.1, 0.15) is 46.0 Å². The predicted octanol–water partition coefficient (Wildman–Crippen LogP) is 5.45. The van der Waals surface area contributed by atoms with E-state index in [-0.39, 0.29) is 0 Å². The summed E-state index contributed by atoms with van der Waals surface area (Å²) in [4.78, 5) is 0. The largest absolute Gasteiger partial charge is 0.0991 e. The number of hydrogen-bond donors (Lipinski definition) is 0. The van der Waals surface area contributed by atoms with Gasteiger partial charge in [-0.3, -0.25) is 0 Å². The summed E-state index contributed by atoms with van der Waals surface area (Å²) >= 11 is 0. The van der Waals surface area contributed by atoms with E-state index in [1.165, 1.54) is 19.3 Å². The van der Waals surface area contributed by atoms with E-state index in [1.54, 1.807) is 0 Å². The van der Waals surface area contributed by atoms with Gasteiger partial charge in [-0.2, -0.15) is 0 Å². The first-order valence-corrected chi connectivity index (χ1v) is 6.35. The van der Waals surface area contributed by atoms with E-state index in [1.807, 2.05) is 12.2 Å². The maximum atomic E-state index is 3.63. The van der Waals surface area contributed by atoms with E-state index in [4.69, 9.17) is 0 Å². The molecule has 0 radical (unpaired) electrons. The zero-order chi connectivity index (χ0) is 12.1. The smallest absolute Gasteiger partial charge is 0.0166 e. The highest BCUT2D eigenvalue weighted by Gasteiger charge is 1.90. The van der Waals surface area contributed by atoms with Crippen molar-refractivity contribution < 1.29 is 0 Å². The summed E-state index contributed by atoms with van der Waals surface area (Å²) < 4.78 is 0. The van der Waals surface area contributed by atoms with Crippen LogP contribution in [0.15, 0.2) is 49.1 Å². The highest BCUT2D eigenvalue weighted by molar-refractivity contribution is 5.02. The Labute approximate surface area is 101 Å². The molecule has 0 saturated heterocycles. The average molecular weight is 218 g/mol. The standard InChI is InChI=1S/C16H26/c1-4-5-6-7-8-9-10-11-12-13-14-15-16(2)3/h4-6,8-9,11-12,16H,1,7,10,13-15H2,2-3H3/b6-5+,9-8+,12-11+. The molecule has 0 aromatic heterocycles. The number of unbranched alkanes of at least 4 members (excludes halogenated alkanes) is 1. The minimum absolute atomic E-state index is 0.838. The van der Waals surface area contributed by atoms with Crippen LogP contribution in [0.4, 0.5) is 0 Å². The quantitative estimate of drug-likeness (QED) is 0.274. The lowest BCUT2D eigenvalue weighted by Crippen LogP contribution is -1.84. The molecule has 0 nitrogen and oxygen atoms in total. The maximum absolute atomic E-state index is 3.63. The first-order chi connectivity index (χ1) is 7.77. The molecule has 0 N–H and O–H groups in total. The summed E-state index contributed by atoms with van der Waals surface area (Å²) in [6.45, 7) is 8.19. The Morgan fingerprint density at radius 2 is 1.56 bits per heavy atom. The molecule has 0 aromatic rings. The summed E-state index contributed by atoms with van der Waals surface area (Å²) in [6.07, 6.45) is 20.8. The minimum Gasteiger partial charge on any atom is -0.0991 e. The molecule has 0 aromatic carbocycles. The van der Waals surface area contributed by atoms with Crippen molar-refractivity contribution >= 4 is 0 Å². The lowest BCUT2D eigenvalue weighted by molar-refractivity contribution is 0.559. The molecule has 0 aliphatic carbocycles. The fourth-order valence-corrected chi connectivity index (χ4v) is 1.38. The molecule has 90 valence electrons. The zero-order valence-electron chi connectivity index (χ0n) is 10.9. The summed E-state index contributed by atoms with van der Waals surface area (Å²) in [7, 11) is 0. The van der Waals surface area contributed by atoms with Gasteiger partial charge in [0.1, 0.15) is 0 Å². The van der Waals surface area contributed by atoms with Gasteiger partial charge in [0.25, 0.3) is 0 Å². The van der Waals surface area contributed by atoms with E-state index >= 15 is 0 Å². The van der Waals surface area contributed by atoms with E-state index in [0.29, 0.717) is 0 Å². The second kappa shape index (κ2) is 12.0. The van der Waals surface area contributed by atoms with E-state index in [2.05, 4.69) is 50.8 Å². The summed E-state index contributed by atoms with van der Waals surface area (Å²) in [5, 5.41) is 0. The van der Waals surface area contributed by atoms with Crippen molar-refractivity contribution in [3.05, 3.63) is 49.1 Å². The molecule has 0 heteroatoms. The van der Waals surface area contributed by atoms with Gasteiger partial charge in [-0.15, -0.1) is 0 Å². The lowest BCUT2D eigenvalue weighted by Gasteiger charge is -2.00. The van der Waals surface area contributed by atoms with Crippen LogP contribution in [0.2, 0.25) is 0 Å². The third-order valence-corrected chi connectivity index (χ3v) is 2.30. The third kappa shape index (κ3) is 13.0. The average Bonchev–Trinajstić information content (AvgIpc) is 2.25. The minimum atomic E-state index is 0.838. The topological polar surface area (TPSA) is 0 Å². The molecular weight excluding hydrogens is 192 g/mol. The van der Waals surface area contributed by atoms with Gasteiger partial charge in [0.2, 0.25) is 0 Å².